The second-order valence-corrected chi connectivity index (χ2v) is 6.19. The number of oxazole rings is 1. The summed E-state index contributed by atoms with van der Waals surface area (Å²) in [7, 11) is 0. The van der Waals surface area contributed by atoms with Crippen molar-refractivity contribution in [1.29, 1.82) is 0 Å². The number of ether oxygens (including phenoxy) is 1. The maximum atomic E-state index is 12.1. The van der Waals surface area contributed by atoms with Crippen molar-refractivity contribution in [2.45, 2.75) is 19.9 Å². The van der Waals surface area contributed by atoms with Crippen molar-refractivity contribution in [2.24, 2.45) is 0 Å². The quantitative estimate of drug-likeness (QED) is 0.871. The topological polar surface area (TPSA) is 79.6 Å². The van der Waals surface area contributed by atoms with E-state index in [9.17, 15) is 4.79 Å². The van der Waals surface area contributed by atoms with E-state index in [-0.39, 0.29) is 12.1 Å². The van der Waals surface area contributed by atoms with Crippen LogP contribution in [0, 0.1) is 6.92 Å². The molecule has 0 radical (unpaired) electrons. The van der Waals surface area contributed by atoms with Crippen LogP contribution in [-0.4, -0.2) is 54.8 Å². The number of hydrogen-bond acceptors (Lipinski definition) is 5. The van der Waals surface area contributed by atoms with Gasteiger partial charge in [0.25, 0.3) is 0 Å². The third-order valence-electron chi connectivity index (χ3n) is 4.22. The maximum Gasteiger partial charge on any atom is 0.319 e. The smallest absolute Gasteiger partial charge is 0.319 e. The molecule has 25 heavy (non-hydrogen) atoms. The minimum Gasteiger partial charge on any atom is -0.441 e. The lowest BCUT2D eigenvalue weighted by Gasteiger charge is -2.32. The van der Waals surface area contributed by atoms with E-state index in [4.69, 9.17) is 9.15 Å². The molecule has 1 aliphatic rings. The summed E-state index contributed by atoms with van der Waals surface area (Å²) in [6.07, 6.45) is 1.68. The van der Waals surface area contributed by atoms with Gasteiger partial charge in [-0.15, -0.1) is 0 Å². The van der Waals surface area contributed by atoms with Crippen LogP contribution in [0.4, 0.5) is 10.5 Å². The molecule has 1 fully saturated rings. The fourth-order valence-corrected chi connectivity index (χ4v) is 2.78. The molecule has 0 aliphatic carbocycles. The van der Waals surface area contributed by atoms with Crippen molar-refractivity contribution in [1.82, 2.24) is 15.2 Å². The first kappa shape index (κ1) is 17.4. The van der Waals surface area contributed by atoms with Gasteiger partial charge in [0.2, 0.25) is 5.89 Å². The number of hydrogen-bond donors (Lipinski definition) is 2. The number of morpholine rings is 1. The molecule has 1 aromatic heterocycles. The SMILES string of the molecule is Cc1cnc(-c2cccc(NC(=O)NC[C@@H](C)N3CCOCC3)c2)o1. The minimum absolute atomic E-state index is 0.221. The third kappa shape index (κ3) is 4.80. The molecule has 134 valence electrons. The zero-order chi connectivity index (χ0) is 17.6. The first-order valence-electron chi connectivity index (χ1n) is 8.51. The van der Waals surface area contributed by atoms with Crippen LogP contribution in [0.1, 0.15) is 12.7 Å². The standard InChI is InChI=1S/C18H24N4O3/c1-13(22-6-8-24-9-7-22)11-20-18(23)21-16-5-3-4-15(10-16)17-19-12-14(2)25-17/h3-5,10,12-13H,6-9,11H2,1-2H3,(H2,20,21,23)/t13-/m1/s1. The molecule has 1 atom stereocenters. The van der Waals surface area contributed by atoms with Crippen molar-refractivity contribution in [3.63, 3.8) is 0 Å². The van der Waals surface area contributed by atoms with Crippen LogP contribution in [0.15, 0.2) is 34.9 Å². The van der Waals surface area contributed by atoms with Gasteiger partial charge in [-0.25, -0.2) is 9.78 Å². The van der Waals surface area contributed by atoms with Crippen molar-refractivity contribution in [3.8, 4) is 11.5 Å². The molecular formula is C18H24N4O3. The van der Waals surface area contributed by atoms with Crippen LogP contribution >= 0.6 is 0 Å². The highest BCUT2D eigenvalue weighted by Crippen LogP contribution is 2.22. The van der Waals surface area contributed by atoms with Crippen molar-refractivity contribution < 1.29 is 13.9 Å². The van der Waals surface area contributed by atoms with E-state index in [1.807, 2.05) is 31.2 Å². The van der Waals surface area contributed by atoms with Crippen LogP contribution in [-0.2, 0) is 4.74 Å². The van der Waals surface area contributed by atoms with Gasteiger partial charge in [-0.3, -0.25) is 4.90 Å². The summed E-state index contributed by atoms with van der Waals surface area (Å²) in [5.41, 5.74) is 1.53. The van der Waals surface area contributed by atoms with E-state index in [0.29, 0.717) is 18.1 Å². The number of aromatic nitrogens is 1. The first-order valence-corrected chi connectivity index (χ1v) is 8.51. The molecule has 0 unspecified atom stereocenters. The molecule has 1 aromatic carbocycles. The van der Waals surface area contributed by atoms with Gasteiger partial charge in [0.15, 0.2) is 0 Å². The van der Waals surface area contributed by atoms with Gasteiger partial charge in [-0.2, -0.15) is 0 Å². The van der Waals surface area contributed by atoms with Gasteiger partial charge in [0, 0.05) is 36.9 Å². The largest absolute Gasteiger partial charge is 0.441 e. The lowest BCUT2D eigenvalue weighted by Crippen LogP contribution is -2.47. The van der Waals surface area contributed by atoms with E-state index in [1.54, 1.807) is 6.20 Å². The number of aryl methyl sites for hydroxylation is 1. The lowest BCUT2D eigenvalue weighted by molar-refractivity contribution is 0.0209. The summed E-state index contributed by atoms with van der Waals surface area (Å²) in [4.78, 5) is 18.7. The molecule has 2 aromatic rings. The number of benzene rings is 1. The lowest BCUT2D eigenvalue weighted by atomic mass is 10.2. The summed E-state index contributed by atoms with van der Waals surface area (Å²) >= 11 is 0. The average molecular weight is 344 g/mol. The highest BCUT2D eigenvalue weighted by molar-refractivity contribution is 5.89. The van der Waals surface area contributed by atoms with Crippen molar-refractivity contribution in [3.05, 3.63) is 36.2 Å². The Balaban J connectivity index is 1.52. The monoisotopic (exact) mass is 344 g/mol. The fraction of sp³-hybridized carbons (Fsp3) is 0.444. The number of amides is 2. The maximum absolute atomic E-state index is 12.1. The molecule has 0 saturated carbocycles. The van der Waals surface area contributed by atoms with E-state index < -0.39 is 0 Å². The van der Waals surface area contributed by atoms with Gasteiger partial charge in [-0.1, -0.05) is 6.07 Å². The number of anilines is 1. The van der Waals surface area contributed by atoms with Gasteiger partial charge < -0.3 is 19.8 Å². The molecule has 0 spiro atoms. The highest BCUT2D eigenvalue weighted by Gasteiger charge is 2.17. The van der Waals surface area contributed by atoms with Crippen LogP contribution in [0.5, 0.6) is 0 Å². The summed E-state index contributed by atoms with van der Waals surface area (Å²) in [5, 5.41) is 5.77. The van der Waals surface area contributed by atoms with E-state index in [2.05, 4.69) is 27.4 Å². The highest BCUT2D eigenvalue weighted by atomic mass is 16.5. The van der Waals surface area contributed by atoms with Crippen molar-refractivity contribution in [2.75, 3.05) is 38.2 Å². The zero-order valence-corrected chi connectivity index (χ0v) is 14.6. The molecular weight excluding hydrogens is 320 g/mol. The summed E-state index contributed by atoms with van der Waals surface area (Å²) in [6.45, 7) is 7.86. The molecule has 1 aliphatic heterocycles. The second kappa shape index (κ2) is 8.13. The molecule has 2 amide bonds. The fourth-order valence-electron chi connectivity index (χ4n) is 2.78. The summed E-state index contributed by atoms with van der Waals surface area (Å²) < 4.78 is 10.9. The Bertz CT molecular complexity index is 710. The van der Waals surface area contributed by atoms with Crippen LogP contribution in [0.2, 0.25) is 0 Å². The van der Waals surface area contributed by atoms with Crippen LogP contribution in [0.3, 0.4) is 0 Å². The number of nitrogens with one attached hydrogen (secondary N) is 2. The van der Waals surface area contributed by atoms with Gasteiger partial charge in [0.1, 0.15) is 5.76 Å². The Kier molecular flexibility index (Phi) is 5.67. The van der Waals surface area contributed by atoms with Gasteiger partial charge >= 0.3 is 6.03 Å². The second-order valence-electron chi connectivity index (χ2n) is 6.19. The molecule has 7 nitrogen and oxygen atoms in total. The summed E-state index contributed by atoms with van der Waals surface area (Å²) in [6, 6.07) is 7.49. The molecule has 7 heteroatoms. The normalized spacial score (nSPS) is 16.4. The minimum atomic E-state index is -0.221. The number of carbonyl (C=O) groups excluding carboxylic acids is 1. The average Bonchev–Trinajstić information content (AvgIpc) is 3.07. The third-order valence-corrected chi connectivity index (χ3v) is 4.22. The number of rotatable bonds is 5. The zero-order valence-electron chi connectivity index (χ0n) is 14.6. The Hall–Kier alpha value is -2.38. The molecule has 2 heterocycles. The van der Waals surface area contributed by atoms with Crippen LogP contribution < -0.4 is 10.6 Å². The van der Waals surface area contributed by atoms with E-state index in [0.717, 1.165) is 37.6 Å². The predicted molar refractivity (Wildman–Crippen MR) is 95.6 cm³/mol. The Morgan fingerprint density at radius 2 is 2.16 bits per heavy atom. The van der Waals surface area contributed by atoms with E-state index >= 15 is 0 Å². The molecule has 3 rings (SSSR count). The van der Waals surface area contributed by atoms with Crippen LogP contribution in [0.25, 0.3) is 11.5 Å². The Morgan fingerprint density at radius 3 is 2.88 bits per heavy atom. The molecule has 0 bridgehead atoms. The predicted octanol–water partition coefficient (Wildman–Crippen LogP) is 2.49. The first-order chi connectivity index (χ1) is 12.1. The molecule has 2 N–H and O–H groups in total. The van der Waals surface area contributed by atoms with Gasteiger partial charge in [-0.05, 0) is 32.0 Å². The summed E-state index contributed by atoms with van der Waals surface area (Å²) in [5.74, 6) is 1.30. The Labute approximate surface area is 147 Å². The van der Waals surface area contributed by atoms with Crippen molar-refractivity contribution >= 4 is 11.7 Å². The number of nitrogens with zero attached hydrogens (tertiary/aromatic N) is 2. The van der Waals surface area contributed by atoms with E-state index in [1.165, 1.54) is 0 Å². The Morgan fingerprint density at radius 1 is 1.36 bits per heavy atom. The number of carbonyl (C=O) groups is 1. The molecule has 1 saturated heterocycles. The number of urea groups is 1. The van der Waals surface area contributed by atoms with Gasteiger partial charge in [0.05, 0.1) is 19.4 Å².